The van der Waals surface area contributed by atoms with Crippen molar-refractivity contribution in [2.24, 2.45) is 11.7 Å². The van der Waals surface area contributed by atoms with Crippen molar-refractivity contribution in [3.05, 3.63) is 47.0 Å². The maximum Gasteiger partial charge on any atom is 0.262 e. The van der Waals surface area contributed by atoms with Gasteiger partial charge in [-0.05, 0) is 36.5 Å². The second-order valence-electron chi connectivity index (χ2n) is 7.50. The molecule has 0 aromatic heterocycles. The standard InChI is InChI=1S/C20H22N4O4/c21-13-3-1-11(7-13)9-22-10-12-2-4-14-15(8-12)20(28)24(19(14)27)16-5-6-17(25)23-18(16)26/h1-4,8,11,13,16,22H,5-7,9-10,21H2,(H,23,25,26)/t11-,13+,16?/m0/s1. The summed E-state index contributed by atoms with van der Waals surface area (Å²) in [6.45, 7) is 1.35. The Morgan fingerprint density at radius 2 is 1.89 bits per heavy atom. The summed E-state index contributed by atoms with van der Waals surface area (Å²) in [5.74, 6) is -1.56. The summed E-state index contributed by atoms with van der Waals surface area (Å²) in [5.41, 5.74) is 7.34. The zero-order valence-electron chi connectivity index (χ0n) is 15.3. The van der Waals surface area contributed by atoms with Crippen LogP contribution in [0, 0.1) is 5.92 Å². The number of nitrogens with two attached hydrogens (primary N) is 1. The fourth-order valence-electron chi connectivity index (χ4n) is 3.99. The van der Waals surface area contributed by atoms with Gasteiger partial charge in [0.05, 0.1) is 11.1 Å². The molecule has 0 radical (unpaired) electrons. The first-order valence-corrected chi connectivity index (χ1v) is 9.43. The summed E-state index contributed by atoms with van der Waals surface area (Å²) in [6.07, 6.45) is 5.31. The van der Waals surface area contributed by atoms with Gasteiger partial charge in [0.2, 0.25) is 11.8 Å². The highest BCUT2D eigenvalue weighted by atomic mass is 16.2. The first-order valence-electron chi connectivity index (χ1n) is 9.43. The van der Waals surface area contributed by atoms with Crippen LogP contribution in [-0.4, -0.2) is 47.2 Å². The molecular weight excluding hydrogens is 360 g/mol. The number of nitrogens with zero attached hydrogens (tertiary/aromatic N) is 1. The van der Waals surface area contributed by atoms with Crippen LogP contribution in [0.1, 0.15) is 45.5 Å². The first kappa shape index (κ1) is 18.5. The predicted molar refractivity (Wildman–Crippen MR) is 100 cm³/mol. The molecule has 4 N–H and O–H groups in total. The van der Waals surface area contributed by atoms with Crippen LogP contribution < -0.4 is 16.4 Å². The van der Waals surface area contributed by atoms with E-state index in [0.29, 0.717) is 23.6 Å². The molecule has 1 aromatic rings. The first-order chi connectivity index (χ1) is 13.4. The molecule has 28 heavy (non-hydrogen) atoms. The van der Waals surface area contributed by atoms with E-state index in [0.717, 1.165) is 23.4 Å². The topological polar surface area (TPSA) is 122 Å². The van der Waals surface area contributed by atoms with Crippen molar-refractivity contribution in [2.75, 3.05) is 6.54 Å². The van der Waals surface area contributed by atoms with E-state index in [4.69, 9.17) is 5.73 Å². The van der Waals surface area contributed by atoms with E-state index >= 15 is 0 Å². The molecule has 0 saturated carbocycles. The molecule has 0 bridgehead atoms. The van der Waals surface area contributed by atoms with Crippen molar-refractivity contribution in [3.63, 3.8) is 0 Å². The van der Waals surface area contributed by atoms with E-state index in [2.05, 4.69) is 16.7 Å². The molecular formula is C20H22N4O4. The van der Waals surface area contributed by atoms with Gasteiger partial charge < -0.3 is 11.1 Å². The van der Waals surface area contributed by atoms with Gasteiger partial charge in [0.25, 0.3) is 11.8 Å². The number of fused-ring (bicyclic) bond motifs is 1. The zero-order chi connectivity index (χ0) is 19.8. The Morgan fingerprint density at radius 1 is 1.11 bits per heavy atom. The third kappa shape index (κ3) is 3.36. The van der Waals surface area contributed by atoms with Crippen LogP contribution in [0.15, 0.2) is 30.4 Å². The maximum absolute atomic E-state index is 12.8. The second-order valence-corrected chi connectivity index (χ2v) is 7.50. The smallest absolute Gasteiger partial charge is 0.262 e. The number of benzene rings is 1. The summed E-state index contributed by atoms with van der Waals surface area (Å²) in [6, 6.07) is 4.31. The molecule has 8 nitrogen and oxygen atoms in total. The summed E-state index contributed by atoms with van der Waals surface area (Å²) in [5, 5.41) is 5.54. The summed E-state index contributed by atoms with van der Waals surface area (Å²) in [7, 11) is 0. The average Bonchev–Trinajstić information content (AvgIpc) is 3.17. The van der Waals surface area contributed by atoms with Crippen LogP contribution >= 0.6 is 0 Å². The molecule has 2 aliphatic heterocycles. The minimum Gasteiger partial charge on any atom is -0.324 e. The van der Waals surface area contributed by atoms with Gasteiger partial charge in [0.15, 0.2) is 0 Å². The van der Waals surface area contributed by atoms with Crippen molar-refractivity contribution in [3.8, 4) is 0 Å². The number of carbonyl (C=O) groups is 4. The van der Waals surface area contributed by atoms with Gasteiger partial charge in [-0.25, -0.2) is 0 Å². The fourth-order valence-corrected chi connectivity index (χ4v) is 3.99. The molecule has 3 atom stereocenters. The highest BCUT2D eigenvalue weighted by Crippen LogP contribution is 2.28. The molecule has 3 aliphatic rings. The molecule has 146 valence electrons. The van der Waals surface area contributed by atoms with Gasteiger partial charge in [-0.3, -0.25) is 29.4 Å². The minimum atomic E-state index is -0.940. The van der Waals surface area contributed by atoms with Crippen LogP contribution in [-0.2, 0) is 16.1 Å². The number of hydrogen-bond donors (Lipinski definition) is 3. The molecule has 8 heteroatoms. The molecule has 2 heterocycles. The number of nitrogens with one attached hydrogen (secondary N) is 2. The minimum absolute atomic E-state index is 0.109. The number of amides is 4. The molecule has 0 spiro atoms. The average molecular weight is 382 g/mol. The lowest BCUT2D eigenvalue weighted by atomic mass is 10.0. The number of imide groups is 2. The highest BCUT2D eigenvalue weighted by molar-refractivity contribution is 6.23. The van der Waals surface area contributed by atoms with E-state index in [1.807, 2.05) is 6.08 Å². The Kier molecular flexibility index (Phi) is 4.82. The summed E-state index contributed by atoms with van der Waals surface area (Å²) >= 11 is 0. The second kappa shape index (κ2) is 7.29. The molecule has 4 amide bonds. The quantitative estimate of drug-likeness (QED) is 0.490. The molecule has 1 aromatic carbocycles. The number of piperidine rings is 1. The lowest BCUT2D eigenvalue weighted by molar-refractivity contribution is -0.136. The summed E-state index contributed by atoms with van der Waals surface area (Å²) in [4.78, 5) is 49.9. The molecule has 1 aliphatic carbocycles. The van der Waals surface area contributed by atoms with Gasteiger partial charge in [-0.2, -0.15) is 0 Å². The Labute approximate surface area is 162 Å². The van der Waals surface area contributed by atoms with E-state index in [1.165, 1.54) is 0 Å². The van der Waals surface area contributed by atoms with Crippen molar-refractivity contribution in [1.82, 2.24) is 15.5 Å². The number of hydrogen-bond acceptors (Lipinski definition) is 6. The number of rotatable bonds is 5. The van der Waals surface area contributed by atoms with Crippen molar-refractivity contribution >= 4 is 23.6 Å². The Balaban J connectivity index is 1.44. The highest BCUT2D eigenvalue weighted by Gasteiger charge is 2.44. The van der Waals surface area contributed by atoms with E-state index in [1.54, 1.807) is 18.2 Å². The van der Waals surface area contributed by atoms with Crippen molar-refractivity contribution < 1.29 is 19.2 Å². The monoisotopic (exact) mass is 382 g/mol. The maximum atomic E-state index is 12.8. The van der Waals surface area contributed by atoms with Crippen LogP contribution in [0.3, 0.4) is 0 Å². The lowest BCUT2D eigenvalue weighted by Crippen LogP contribution is -2.54. The molecule has 4 rings (SSSR count). The molecule has 1 fully saturated rings. The Morgan fingerprint density at radius 3 is 2.61 bits per heavy atom. The Hall–Kier alpha value is -2.84. The third-order valence-electron chi connectivity index (χ3n) is 5.45. The van der Waals surface area contributed by atoms with E-state index in [9.17, 15) is 19.2 Å². The Bertz CT molecular complexity index is 894. The van der Waals surface area contributed by atoms with Gasteiger partial charge in [-0.15, -0.1) is 0 Å². The van der Waals surface area contributed by atoms with Crippen molar-refractivity contribution in [1.29, 1.82) is 0 Å². The zero-order valence-corrected chi connectivity index (χ0v) is 15.3. The number of carbonyl (C=O) groups excluding carboxylic acids is 4. The van der Waals surface area contributed by atoms with Gasteiger partial charge in [-0.1, -0.05) is 18.2 Å². The largest absolute Gasteiger partial charge is 0.324 e. The molecule has 1 saturated heterocycles. The van der Waals surface area contributed by atoms with Crippen LogP contribution in [0.5, 0.6) is 0 Å². The normalized spacial score (nSPS) is 26.8. The van der Waals surface area contributed by atoms with Gasteiger partial charge in [0, 0.05) is 25.6 Å². The lowest BCUT2D eigenvalue weighted by Gasteiger charge is -2.27. The van der Waals surface area contributed by atoms with Gasteiger partial charge >= 0.3 is 0 Å². The fraction of sp³-hybridized carbons (Fsp3) is 0.400. The van der Waals surface area contributed by atoms with Gasteiger partial charge in [0.1, 0.15) is 6.04 Å². The van der Waals surface area contributed by atoms with E-state index < -0.39 is 23.8 Å². The van der Waals surface area contributed by atoms with Crippen molar-refractivity contribution in [2.45, 2.75) is 37.9 Å². The predicted octanol–water partition coefficient (Wildman–Crippen LogP) is 0.0808. The SMILES string of the molecule is N[C@@H]1C=C[C@H](CNCc2ccc3c(c2)C(=O)N(C2CCC(=O)NC2=O)C3=O)C1. The van der Waals surface area contributed by atoms with Crippen LogP contribution in [0.25, 0.3) is 0 Å². The van der Waals surface area contributed by atoms with Crippen LogP contribution in [0.2, 0.25) is 0 Å². The van der Waals surface area contributed by atoms with E-state index in [-0.39, 0.29) is 24.8 Å². The molecule has 1 unspecified atom stereocenters. The third-order valence-corrected chi connectivity index (χ3v) is 5.45. The van der Waals surface area contributed by atoms with Crippen LogP contribution in [0.4, 0.5) is 0 Å². The summed E-state index contributed by atoms with van der Waals surface area (Å²) < 4.78 is 0.